The number of carbonyl (C=O) groups excluding carboxylic acids is 2. The Hall–Kier alpha value is -3.13. The largest absolute Gasteiger partial charge is 0.319 e. The Bertz CT molecular complexity index is 883. The molecule has 6 nitrogen and oxygen atoms in total. The highest BCUT2D eigenvalue weighted by Crippen LogP contribution is 2.24. The molecule has 24 heavy (non-hydrogen) atoms. The van der Waals surface area contributed by atoms with Gasteiger partial charge < -0.3 is 10.6 Å². The number of anilines is 2. The van der Waals surface area contributed by atoms with E-state index in [4.69, 9.17) is 0 Å². The number of thiophene rings is 1. The zero-order valence-corrected chi connectivity index (χ0v) is 13.0. The third-order valence-corrected chi connectivity index (χ3v) is 3.95. The summed E-state index contributed by atoms with van der Waals surface area (Å²) in [4.78, 5) is 32.4. The average molecular weight is 342 g/mol. The van der Waals surface area contributed by atoms with E-state index in [1.807, 2.05) is 0 Å². The third-order valence-electron chi connectivity index (χ3n) is 3.04. The van der Waals surface area contributed by atoms with Gasteiger partial charge >= 0.3 is 0 Å². The van der Waals surface area contributed by atoms with Gasteiger partial charge in [0.15, 0.2) is 0 Å². The molecule has 2 N–H and O–H groups in total. The molecule has 1 aromatic carbocycles. The molecule has 3 aromatic rings. The van der Waals surface area contributed by atoms with Crippen molar-refractivity contribution < 1.29 is 14.0 Å². The Labute approximate surface area is 140 Å². The van der Waals surface area contributed by atoms with Crippen molar-refractivity contribution in [3.05, 3.63) is 70.7 Å². The predicted octanol–water partition coefficient (Wildman–Crippen LogP) is 3.18. The topological polar surface area (TPSA) is 84.0 Å². The van der Waals surface area contributed by atoms with Crippen LogP contribution < -0.4 is 10.6 Å². The van der Waals surface area contributed by atoms with E-state index >= 15 is 0 Å². The molecule has 0 saturated heterocycles. The molecule has 0 aliphatic heterocycles. The van der Waals surface area contributed by atoms with E-state index in [9.17, 15) is 14.0 Å². The lowest BCUT2D eigenvalue weighted by molar-refractivity contribution is 0.102. The molecule has 0 bridgehead atoms. The number of rotatable bonds is 4. The summed E-state index contributed by atoms with van der Waals surface area (Å²) in [5.41, 5.74) is 0.524. The fourth-order valence-electron chi connectivity index (χ4n) is 1.93. The van der Waals surface area contributed by atoms with Crippen LogP contribution in [0.15, 0.2) is 54.3 Å². The summed E-state index contributed by atoms with van der Waals surface area (Å²) in [5.74, 6) is -1.53. The first kappa shape index (κ1) is 15.8. The van der Waals surface area contributed by atoms with Gasteiger partial charge in [-0.25, -0.2) is 9.37 Å². The predicted molar refractivity (Wildman–Crippen MR) is 88.7 cm³/mol. The standard InChI is InChI=1S/C16H11FN4O2S/c17-10-3-1-2-4-11(10)20-16(23)14-12(5-8-24-14)21-15(22)13-9-18-6-7-19-13/h1-9H,(H,20,23)(H,21,22). The van der Waals surface area contributed by atoms with E-state index in [1.54, 1.807) is 17.5 Å². The van der Waals surface area contributed by atoms with Gasteiger partial charge in [0, 0.05) is 12.4 Å². The second kappa shape index (κ2) is 6.97. The van der Waals surface area contributed by atoms with E-state index in [1.165, 1.54) is 36.8 Å². The van der Waals surface area contributed by atoms with Crippen LogP contribution in [0, 0.1) is 5.82 Å². The van der Waals surface area contributed by atoms with Gasteiger partial charge in [-0.2, -0.15) is 0 Å². The van der Waals surface area contributed by atoms with Crippen molar-refractivity contribution in [3.8, 4) is 0 Å². The molecule has 2 heterocycles. The number of amides is 2. The van der Waals surface area contributed by atoms with Gasteiger partial charge in [0.05, 0.1) is 17.6 Å². The summed E-state index contributed by atoms with van der Waals surface area (Å²) in [6, 6.07) is 7.45. The number of hydrogen-bond acceptors (Lipinski definition) is 5. The number of nitrogens with one attached hydrogen (secondary N) is 2. The molecular weight excluding hydrogens is 331 g/mol. The van der Waals surface area contributed by atoms with Crippen molar-refractivity contribution >= 4 is 34.5 Å². The lowest BCUT2D eigenvalue weighted by Gasteiger charge is -2.08. The third kappa shape index (κ3) is 3.44. The lowest BCUT2D eigenvalue weighted by atomic mass is 10.3. The van der Waals surface area contributed by atoms with E-state index in [2.05, 4.69) is 20.6 Å². The number of halogens is 1. The van der Waals surface area contributed by atoms with Crippen LogP contribution in [0.3, 0.4) is 0 Å². The van der Waals surface area contributed by atoms with Crippen molar-refractivity contribution in [3.63, 3.8) is 0 Å². The van der Waals surface area contributed by atoms with Crippen molar-refractivity contribution in [1.29, 1.82) is 0 Å². The Balaban J connectivity index is 1.77. The Morgan fingerprint density at radius 3 is 2.54 bits per heavy atom. The summed E-state index contributed by atoms with van der Waals surface area (Å²) in [6.07, 6.45) is 4.17. The normalized spacial score (nSPS) is 10.2. The van der Waals surface area contributed by atoms with Gasteiger partial charge in [-0.3, -0.25) is 14.6 Å². The minimum atomic E-state index is -0.535. The molecule has 0 atom stereocenters. The first-order valence-corrected chi connectivity index (χ1v) is 7.74. The molecule has 120 valence electrons. The molecule has 0 aliphatic carbocycles. The molecule has 2 amide bonds. The SMILES string of the molecule is O=C(Nc1ccsc1C(=O)Nc1ccccc1F)c1cnccn1. The minimum Gasteiger partial charge on any atom is -0.319 e. The van der Waals surface area contributed by atoms with Gasteiger partial charge in [-0.1, -0.05) is 12.1 Å². The van der Waals surface area contributed by atoms with Crippen LogP contribution in [0.25, 0.3) is 0 Å². The van der Waals surface area contributed by atoms with Crippen LogP contribution in [0.5, 0.6) is 0 Å². The highest BCUT2D eigenvalue weighted by Gasteiger charge is 2.17. The Morgan fingerprint density at radius 2 is 1.79 bits per heavy atom. The summed E-state index contributed by atoms with van der Waals surface area (Å²) in [7, 11) is 0. The molecule has 0 aliphatic rings. The molecular formula is C16H11FN4O2S. The summed E-state index contributed by atoms with van der Waals surface area (Å²) < 4.78 is 13.6. The maximum atomic E-state index is 13.6. The van der Waals surface area contributed by atoms with Crippen LogP contribution in [-0.2, 0) is 0 Å². The van der Waals surface area contributed by atoms with Gasteiger partial charge in [-0.05, 0) is 23.6 Å². The van der Waals surface area contributed by atoms with Crippen LogP contribution in [-0.4, -0.2) is 21.8 Å². The van der Waals surface area contributed by atoms with E-state index in [-0.39, 0.29) is 16.3 Å². The maximum absolute atomic E-state index is 13.6. The monoisotopic (exact) mass is 342 g/mol. The molecule has 2 aromatic heterocycles. The first-order chi connectivity index (χ1) is 11.6. The van der Waals surface area contributed by atoms with Crippen molar-refractivity contribution in [1.82, 2.24) is 9.97 Å². The van der Waals surface area contributed by atoms with E-state index in [0.29, 0.717) is 5.69 Å². The van der Waals surface area contributed by atoms with Gasteiger partial charge in [-0.15, -0.1) is 11.3 Å². The summed E-state index contributed by atoms with van der Waals surface area (Å²) >= 11 is 1.13. The molecule has 0 fully saturated rings. The fourth-order valence-corrected chi connectivity index (χ4v) is 2.67. The summed E-state index contributed by atoms with van der Waals surface area (Å²) in [5, 5.41) is 6.74. The second-order valence-corrected chi connectivity index (χ2v) is 5.56. The smallest absolute Gasteiger partial charge is 0.275 e. The second-order valence-electron chi connectivity index (χ2n) is 4.64. The summed E-state index contributed by atoms with van der Waals surface area (Å²) in [6.45, 7) is 0. The maximum Gasteiger partial charge on any atom is 0.275 e. The number of carbonyl (C=O) groups is 2. The highest BCUT2D eigenvalue weighted by atomic mass is 32.1. The molecule has 0 spiro atoms. The average Bonchev–Trinajstić information content (AvgIpc) is 3.06. The first-order valence-electron chi connectivity index (χ1n) is 6.86. The molecule has 3 rings (SSSR count). The molecule has 8 heteroatoms. The number of nitrogens with zero attached hydrogens (tertiary/aromatic N) is 2. The van der Waals surface area contributed by atoms with Crippen molar-refractivity contribution in [2.24, 2.45) is 0 Å². The van der Waals surface area contributed by atoms with E-state index < -0.39 is 17.6 Å². The number of hydrogen-bond donors (Lipinski definition) is 2. The zero-order valence-electron chi connectivity index (χ0n) is 12.2. The quantitative estimate of drug-likeness (QED) is 0.763. The lowest BCUT2D eigenvalue weighted by Crippen LogP contribution is -2.17. The highest BCUT2D eigenvalue weighted by molar-refractivity contribution is 7.12. The number of aromatic nitrogens is 2. The van der Waals surface area contributed by atoms with Crippen molar-refractivity contribution in [2.75, 3.05) is 10.6 Å². The van der Waals surface area contributed by atoms with Gasteiger partial charge in [0.25, 0.3) is 11.8 Å². The van der Waals surface area contributed by atoms with Gasteiger partial charge in [0.2, 0.25) is 0 Å². The van der Waals surface area contributed by atoms with Crippen LogP contribution >= 0.6 is 11.3 Å². The fraction of sp³-hybridized carbons (Fsp3) is 0. The minimum absolute atomic E-state index is 0.0714. The zero-order chi connectivity index (χ0) is 16.9. The Morgan fingerprint density at radius 1 is 1.00 bits per heavy atom. The van der Waals surface area contributed by atoms with Crippen molar-refractivity contribution in [2.45, 2.75) is 0 Å². The molecule has 0 saturated carbocycles. The molecule has 0 radical (unpaired) electrons. The van der Waals surface area contributed by atoms with Crippen LogP contribution in [0.1, 0.15) is 20.2 Å². The Kier molecular flexibility index (Phi) is 4.57. The van der Waals surface area contributed by atoms with Gasteiger partial charge in [0.1, 0.15) is 16.4 Å². The number of para-hydroxylation sites is 1. The van der Waals surface area contributed by atoms with Crippen LogP contribution in [0.2, 0.25) is 0 Å². The van der Waals surface area contributed by atoms with Crippen LogP contribution in [0.4, 0.5) is 15.8 Å². The van der Waals surface area contributed by atoms with E-state index in [0.717, 1.165) is 11.3 Å². The number of benzene rings is 1. The molecule has 0 unspecified atom stereocenters.